The molecule has 0 atom stereocenters. The van der Waals surface area contributed by atoms with E-state index < -0.39 is 11.7 Å². The molecule has 132 valence electrons. The lowest BCUT2D eigenvalue weighted by Crippen LogP contribution is -2.38. The monoisotopic (exact) mass is 362 g/mol. The Morgan fingerprint density at radius 1 is 1.20 bits per heavy atom. The first-order valence-electron chi connectivity index (χ1n) is 8.02. The van der Waals surface area contributed by atoms with Crippen LogP contribution in [0, 0.1) is 12.7 Å². The lowest BCUT2D eigenvalue weighted by Gasteiger charge is -2.22. The quantitative estimate of drug-likeness (QED) is 0.833. The molecule has 0 heterocycles. The number of aryl methyl sites for hydroxylation is 1. The second-order valence-corrected chi connectivity index (χ2v) is 6.12. The highest BCUT2D eigenvalue weighted by atomic mass is 35.5. The molecule has 0 fully saturated rings. The first-order chi connectivity index (χ1) is 11.9. The van der Waals surface area contributed by atoms with Crippen LogP contribution in [0.1, 0.15) is 29.3 Å². The summed E-state index contributed by atoms with van der Waals surface area (Å²) in [6.45, 7) is 4.09. The molecule has 0 aliphatic rings. The van der Waals surface area contributed by atoms with Gasteiger partial charge in [0.15, 0.2) is 0 Å². The number of hydrogen-bond acceptors (Lipinski definition) is 2. The number of hydrogen-bond donors (Lipinski definition) is 1. The summed E-state index contributed by atoms with van der Waals surface area (Å²) in [6, 6.07) is 11.0. The van der Waals surface area contributed by atoms with Gasteiger partial charge in [-0.25, -0.2) is 4.39 Å². The first kappa shape index (κ1) is 18.9. The number of nitrogens with zero attached hydrogens (tertiary/aromatic N) is 1. The highest BCUT2D eigenvalue weighted by Gasteiger charge is 2.21. The molecular weight excluding hydrogens is 343 g/mol. The molecule has 0 saturated heterocycles. The molecule has 25 heavy (non-hydrogen) atoms. The number of para-hydroxylation sites is 1. The van der Waals surface area contributed by atoms with Gasteiger partial charge < -0.3 is 10.2 Å². The second kappa shape index (κ2) is 8.62. The van der Waals surface area contributed by atoms with Gasteiger partial charge in [0.25, 0.3) is 5.91 Å². The van der Waals surface area contributed by atoms with Crippen LogP contribution in [0.2, 0.25) is 5.02 Å². The van der Waals surface area contributed by atoms with Crippen molar-refractivity contribution >= 4 is 29.1 Å². The standard InChI is InChI=1S/C19H20ClFN2O2/c1-3-10-23(19(25)15-9-8-14(21)11-16(15)20)12-18(24)22-17-7-5-4-6-13(17)2/h4-9,11H,3,10,12H2,1-2H3,(H,22,24). The van der Waals surface area contributed by atoms with Crippen molar-refractivity contribution in [2.45, 2.75) is 20.3 Å². The van der Waals surface area contributed by atoms with E-state index in [9.17, 15) is 14.0 Å². The highest BCUT2D eigenvalue weighted by molar-refractivity contribution is 6.33. The lowest BCUT2D eigenvalue weighted by atomic mass is 10.1. The third kappa shape index (κ3) is 5.03. The molecule has 0 aliphatic carbocycles. The lowest BCUT2D eigenvalue weighted by molar-refractivity contribution is -0.116. The summed E-state index contributed by atoms with van der Waals surface area (Å²) in [4.78, 5) is 26.4. The summed E-state index contributed by atoms with van der Waals surface area (Å²) in [5, 5.41) is 2.84. The van der Waals surface area contributed by atoms with Crippen molar-refractivity contribution in [3.05, 3.63) is 64.4 Å². The minimum Gasteiger partial charge on any atom is -0.329 e. The summed E-state index contributed by atoms with van der Waals surface area (Å²) >= 11 is 5.97. The third-order valence-electron chi connectivity index (χ3n) is 3.70. The largest absolute Gasteiger partial charge is 0.329 e. The predicted molar refractivity (Wildman–Crippen MR) is 97.4 cm³/mol. The molecule has 0 spiro atoms. The highest BCUT2D eigenvalue weighted by Crippen LogP contribution is 2.19. The van der Waals surface area contributed by atoms with E-state index in [0.29, 0.717) is 18.7 Å². The fraction of sp³-hybridized carbons (Fsp3) is 0.263. The molecule has 2 amide bonds. The zero-order valence-corrected chi connectivity index (χ0v) is 14.9. The number of carbonyl (C=O) groups excluding carboxylic acids is 2. The SMILES string of the molecule is CCCN(CC(=O)Nc1ccccc1C)C(=O)c1ccc(F)cc1Cl. The Bertz CT molecular complexity index is 780. The van der Waals surface area contributed by atoms with Crippen molar-refractivity contribution in [3.8, 4) is 0 Å². The Hall–Kier alpha value is -2.40. The van der Waals surface area contributed by atoms with E-state index in [-0.39, 0.29) is 23.0 Å². The maximum Gasteiger partial charge on any atom is 0.255 e. The van der Waals surface area contributed by atoms with E-state index >= 15 is 0 Å². The minimum atomic E-state index is -0.513. The van der Waals surface area contributed by atoms with Crippen molar-refractivity contribution in [1.29, 1.82) is 0 Å². The van der Waals surface area contributed by atoms with Crippen LogP contribution in [0.15, 0.2) is 42.5 Å². The van der Waals surface area contributed by atoms with Crippen LogP contribution in [-0.2, 0) is 4.79 Å². The third-order valence-corrected chi connectivity index (χ3v) is 4.01. The Labute approximate surface area is 151 Å². The molecule has 2 aromatic rings. The molecule has 0 radical (unpaired) electrons. The zero-order chi connectivity index (χ0) is 18.4. The summed E-state index contributed by atoms with van der Waals surface area (Å²) in [6.07, 6.45) is 0.683. The summed E-state index contributed by atoms with van der Waals surface area (Å²) in [5.41, 5.74) is 1.82. The van der Waals surface area contributed by atoms with Crippen LogP contribution in [0.4, 0.5) is 10.1 Å². The van der Waals surface area contributed by atoms with Gasteiger partial charge in [0.1, 0.15) is 12.4 Å². The van der Waals surface area contributed by atoms with E-state index in [0.717, 1.165) is 11.6 Å². The maximum absolute atomic E-state index is 13.2. The van der Waals surface area contributed by atoms with Gasteiger partial charge >= 0.3 is 0 Å². The Morgan fingerprint density at radius 2 is 1.92 bits per heavy atom. The van der Waals surface area contributed by atoms with Crippen LogP contribution < -0.4 is 5.32 Å². The molecule has 6 heteroatoms. The predicted octanol–water partition coefficient (Wildman–Crippen LogP) is 4.28. The van der Waals surface area contributed by atoms with Gasteiger partial charge in [-0.2, -0.15) is 0 Å². The second-order valence-electron chi connectivity index (χ2n) is 5.71. The van der Waals surface area contributed by atoms with Gasteiger partial charge in [-0.1, -0.05) is 36.7 Å². The van der Waals surface area contributed by atoms with E-state index in [2.05, 4.69) is 5.32 Å². The van der Waals surface area contributed by atoms with Crippen molar-refractivity contribution in [1.82, 2.24) is 4.90 Å². The molecule has 0 aliphatic heterocycles. The normalized spacial score (nSPS) is 10.4. The number of halogens is 2. The Kier molecular flexibility index (Phi) is 6.53. The van der Waals surface area contributed by atoms with E-state index in [1.807, 2.05) is 32.0 Å². The maximum atomic E-state index is 13.2. The van der Waals surface area contributed by atoms with Crippen LogP contribution in [0.25, 0.3) is 0 Å². The molecule has 1 N–H and O–H groups in total. The van der Waals surface area contributed by atoms with Crippen LogP contribution in [0.5, 0.6) is 0 Å². The van der Waals surface area contributed by atoms with Gasteiger partial charge in [-0.3, -0.25) is 9.59 Å². The number of anilines is 1. The number of nitrogens with one attached hydrogen (secondary N) is 1. The zero-order valence-electron chi connectivity index (χ0n) is 14.2. The van der Waals surface area contributed by atoms with Gasteiger partial charge in [-0.05, 0) is 43.2 Å². The minimum absolute atomic E-state index is 0.0328. The average molecular weight is 363 g/mol. The molecule has 0 bridgehead atoms. The smallest absolute Gasteiger partial charge is 0.255 e. The van der Waals surface area contributed by atoms with Crippen LogP contribution in [-0.4, -0.2) is 29.8 Å². The number of rotatable bonds is 6. The fourth-order valence-electron chi connectivity index (χ4n) is 2.43. The Morgan fingerprint density at radius 3 is 2.56 bits per heavy atom. The van der Waals surface area contributed by atoms with Crippen LogP contribution >= 0.6 is 11.6 Å². The molecule has 2 aromatic carbocycles. The summed E-state index contributed by atoms with van der Waals surface area (Å²) in [5.74, 6) is -1.21. The number of amides is 2. The number of benzene rings is 2. The fourth-order valence-corrected chi connectivity index (χ4v) is 2.68. The summed E-state index contributed by atoms with van der Waals surface area (Å²) in [7, 11) is 0. The van der Waals surface area contributed by atoms with Crippen molar-refractivity contribution < 1.29 is 14.0 Å². The first-order valence-corrected chi connectivity index (χ1v) is 8.40. The Balaban J connectivity index is 2.13. The van der Waals surface area contributed by atoms with Gasteiger partial charge in [0, 0.05) is 12.2 Å². The van der Waals surface area contributed by atoms with Crippen molar-refractivity contribution in [2.75, 3.05) is 18.4 Å². The van der Waals surface area contributed by atoms with E-state index in [1.54, 1.807) is 6.07 Å². The molecular formula is C19H20ClFN2O2. The van der Waals surface area contributed by atoms with E-state index in [1.165, 1.54) is 17.0 Å². The number of carbonyl (C=O) groups is 2. The molecule has 2 rings (SSSR count). The van der Waals surface area contributed by atoms with Crippen molar-refractivity contribution in [2.24, 2.45) is 0 Å². The molecule has 0 unspecified atom stereocenters. The van der Waals surface area contributed by atoms with Crippen molar-refractivity contribution in [3.63, 3.8) is 0 Å². The topological polar surface area (TPSA) is 49.4 Å². The van der Waals surface area contributed by atoms with E-state index in [4.69, 9.17) is 11.6 Å². The molecule has 0 aromatic heterocycles. The summed E-state index contributed by atoms with van der Waals surface area (Å²) < 4.78 is 13.2. The van der Waals surface area contributed by atoms with Gasteiger partial charge in [0.05, 0.1) is 10.6 Å². The average Bonchev–Trinajstić information content (AvgIpc) is 2.56. The van der Waals surface area contributed by atoms with Crippen LogP contribution in [0.3, 0.4) is 0 Å². The van der Waals surface area contributed by atoms with Gasteiger partial charge in [0.2, 0.25) is 5.91 Å². The van der Waals surface area contributed by atoms with Gasteiger partial charge in [-0.15, -0.1) is 0 Å². The molecule has 0 saturated carbocycles. The molecule has 4 nitrogen and oxygen atoms in total.